The molecular weight excluding hydrogens is 242 g/mol. The highest BCUT2D eigenvalue weighted by atomic mass is 16.4. The number of nitrogens with zero attached hydrogens (tertiary/aromatic N) is 1. The first-order chi connectivity index (χ1) is 8.76. The summed E-state index contributed by atoms with van der Waals surface area (Å²) in [4.78, 5) is 15.6. The average Bonchev–Trinajstić information content (AvgIpc) is 2.63. The van der Waals surface area contributed by atoms with Crippen molar-refractivity contribution in [3.63, 3.8) is 0 Å². The molecule has 1 aliphatic carbocycles. The number of hydrogen-bond donors (Lipinski definition) is 1. The van der Waals surface area contributed by atoms with E-state index in [-0.39, 0.29) is 22.3 Å². The first kappa shape index (κ1) is 12.2. The summed E-state index contributed by atoms with van der Waals surface area (Å²) >= 11 is 0. The van der Waals surface area contributed by atoms with Crippen molar-refractivity contribution in [3.05, 3.63) is 29.7 Å². The number of oxazole rings is 1. The lowest BCUT2D eigenvalue weighted by Crippen LogP contribution is -1.97. The third kappa shape index (κ3) is 1.46. The summed E-state index contributed by atoms with van der Waals surface area (Å²) in [6.45, 7) is 8.74. The maximum atomic E-state index is 11.2. The van der Waals surface area contributed by atoms with Gasteiger partial charge in [0.1, 0.15) is 5.52 Å². The summed E-state index contributed by atoms with van der Waals surface area (Å²) in [6, 6.07) is 5.00. The molecule has 0 unspecified atom stereocenters. The molecule has 4 nitrogen and oxygen atoms in total. The number of benzene rings is 1. The highest BCUT2D eigenvalue weighted by Gasteiger charge is 2.67. The van der Waals surface area contributed by atoms with Crippen molar-refractivity contribution in [2.75, 3.05) is 0 Å². The minimum Gasteiger partial charge on any atom is -0.478 e. The van der Waals surface area contributed by atoms with Crippen LogP contribution in [0.5, 0.6) is 0 Å². The van der Waals surface area contributed by atoms with E-state index in [9.17, 15) is 9.90 Å². The van der Waals surface area contributed by atoms with E-state index in [0.717, 1.165) is 0 Å². The van der Waals surface area contributed by atoms with Crippen molar-refractivity contribution in [1.82, 2.24) is 4.98 Å². The molecule has 0 atom stereocenters. The fraction of sp³-hybridized carbons (Fsp3) is 0.467. The lowest BCUT2D eigenvalue weighted by molar-refractivity contribution is 0.0699. The van der Waals surface area contributed by atoms with E-state index in [1.165, 1.54) is 0 Å². The van der Waals surface area contributed by atoms with E-state index in [2.05, 4.69) is 32.7 Å². The zero-order chi connectivity index (χ0) is 14.0. The maximum Gasteiger partial charge on any atom is 0.338 e. The largest absolute Gasteiger partial charge is 0.478 e. The lowest BCUT2D eigenvalue weighted by Gasteiger charge is -2.03. The molecule has 1 N–H and O–H groups in total. The Kier molecular flexibility index (Phi) is 2.17. The fourth-order valence-corrected chi connectivity index (χ4v) is 3.08. The van der Waals surface area contributed by atoms with E-state index in [1.807, 2.05) is 0 Å². The molecule has 100 valence electrons. The molecule has 3 rings (SSSR count). The Labute approximate surface area is 111 Å². The van der Waals surface area contributed by atoms with Crippen LogP contribution in [0, 0.1) is 10.8 Å². The molecule has 0 saturated heterocycles. The van der Waals surface area contributed by atoms with Gasteiger partial charge in [0.15, 0.2) is 11.5 Å². The van der Waals surface area contributed by atoms with Gasteiger partial charge in [-0.25, -0.2) is 9.78 Å². The van der Waals surface area contributed by atoms with Crippen molar-refractivity contribution in [1.29, 1.82) is 0 Å². The van der Waals surface area contributed by atoms with Gasteiger partial charge in [-0.15, -0.1) is 0 Å². The van der Waals surface area contributed by atoms with Gasteiger partial charge in [-0.1, -0.05) is 33.8 Å². The summed E-state index contributed by atoms with van der Waals surface area (Å²) in [6.07, 6.45) is 0. The van der Waals surface area contributed by atoms with E-state index in [0.29, 0.717) is 17.0 Å². The maximum absolute atomic E-state index is 11.2. The Morgan fingerprint density at radius 1 is 1.26 bits per heavy atom. The number of fused-ring (bicyclic) bond motifs is 1. The average molecular weight is 259 g/mol. The molecule has 1 aliphatic rings. The second kappa shape index (κ2) is 3.38. The Morgan fingerprint density at radius 2 is 1.89 bits per heavy atom. The summed E-state index contributed by atoms with van der Waals surface area (Å²) in [5.41, 5.74) is 1.44. The van der Waals surface area contributed by atoms with Crippen LogP contribution in [0.4, 0.5) is 0 Å². The third-order valence-electron chi connectivity index (χ3n) is 4.93. The Bertz CT molecular complexity index is 668. The predicted octanol–water partition coefficient (Wildman–Crippen LogP) is 3.68. The molecule has 0 amide bonds. The van der Waals surface area contributed by atoms with Gasteiger partial charge in [0.25, 0.3) is 0 Å². The number of para-hydroxylation sites is 1. The number of carboxylic acid groups (broad SMARTS) is 1. The van der Waals surface area contributed by atoms with E-state index in [4.69, 9.17) is 4.42 Å². The van der Waals surface area contributed by atoms with Crippen LogP contribution >= 0.6 is 0 Å². The molecule has 1 fully saturated rings. The van der Waals surface area contributed by atoms with Crippen molar-refractivity contribution < 1.29 is 14.3 Å². The lowest BCUT2D eigenvalue weighted by atomic mass is 10.0. The number of aromatic nitrogens is 1. The Morgan fingerprint density at radius 3 is 2.42 bits per heavy atom. The molecule has 0 spiro atoms. The van der Waals surface area contributed by atoms with Gasteiger partial charge in [-0.05, 0) is 23.0 Å². The van der Waals surface area contributed by atoms with Crippen LogP contribution in [0.1, 0.15) is 49.9 Å². The molecule has 4 heteroatoms. The van der Waals surface area contributed by atoms with Gasteiger partial charge < -0.3 is 9.52 Å². The topological polar surface area (TPSA) is 63.3 Å². The van der Waals surface area contributed by atoms with Gasteiger partial charge in [0.2, 0.25) is 0 Å². The van der Waals surface area contributed by atoms with Crippen molar-refractivity contribution in [2.45, 2.75) is 33.6 Å². The van der Waals surface area contributed by atoms with Gasteiger partial charge in [0.05, 0.1) is 5.56 Å². The smallest absolute Gasteiger partial charge is 0.338 e. The molecule has 1 aromatic carbocycles. The van der Waals surface area contributed by atoms with Crippen LogP contribution in [-0.4, -0.2) is 16.1 Å². The SMILES string of the molecule is CC1(C)C(c2nc3c(C(=O)O)cccc3o2)C1(C)C. The van der Waals surface area contributed by atoms with Gasteiger partial charge in [0, 0.05) is 5.92 Å². The van der Waals surface area contributed by atoms with Crippen LogP contribution in [0.25, 0.3) is 11.1 Å². The van der Waals surface area contributed by atoms with Crippen LogP contribution in [0.15, 0.2) is 22.6 Å². The highest BCUT2D eigenvalue weighted by molar-refractivity contribution is 6.00. The van der Waals surface area contributed by atoms with E-state index in [1.54, 1.807) is 18.2 Å². The second-order valence-corrected chi connectivity index (χ2v) is 6.39. The molecule has 2 aromatic rings. The summed E-state index contributed by atoms with van der Waals surface area (Å²) in [5, 5.41) is 9.17. The summed E-state index contributed by atoms with van der Waals surface area (Å²) in [5.74, 6) is -0.0903. The van der Waals surface area contributed by atoms with Gasteiger partial charge in [-0.3, -0.25) is 0 Å². The minimum absolute atomic E-state index is 0.122. The normalized spacial score (nSPS) is 20.6. The van der Waals surface area contributed by atoms with Crippen molar-refractivity contribution in [2.24, 2.45) is 10.8 Å². The van der Waals surface area contributed by atoms with Crippen molar-refractivity contribution in [3.8, 4) is 0 Å². The zero-order valence-corrected chi connectivity index (χ0v) is 11.5. The Hall–Kier alpha value is -1.84. The molecule has 0 bridgehead atoms. The number of hydrogen-bond acceptors (Lipinski definition) is 3. The molecule has 0 aliphatic heterocycles. The molecule has 1 saturated carbocycles. The first-order valence-electron chi connectivity index (χ1n) is 6.39. The first-order valence-corrected chi connectivity index (χ1v) is 6.39. The van der Waals surface area contributed by atoms with Crippen LogP contribution in [0.2, 0.25) is 0 Å². The second-order valence-electron chi connectivity index (χ2n) is 6.39. The van der Waals surface area contributed by atoms with Crippen LogP contribution < -0.4 is 0 Å². The molecule has 1 heterocycles. The Balaban J connectivity index is 2.14. The molecule has 1 aromatic heterocycles. The molecule has 19 heavy (non-hydrogen) atoms. The standard InChI is InChI=1S/C15H17NO3/c1-14(2)11(15(14,3)4)12-16-10-8(13(17)18)6-5-7-9(10)19-12/h5-7,11H,1-4H3,(H,17,18). The third-order valence-corrected chi connectivity index (χ3v) is 4.93. The monoisotopic (exact) mass is 259 g/mol. The van der Waals surface area contributed by atoms with E-state index >= 15 is 0 Å². The highest BCUT2D eigenvalue weighted by Crippen LogP contribution is 2.73. The quantitative estimate of drug-likeness (QED) is 0.893. The van der Waals surface area contributed by atoms with Crippen LogP contribution in [0.3, 0.4) is 0 Å². The zero-order valence-electron chi connectivity index (χ0n) is 11.5. The van der Waals surface area contributed by atoms with Gasteiger partial charge in [-0.2, -0.15) is 0 Å². The molecular formula is C15H17NO3. The fourth-order valence-electron chi connectivity index (χ4n) is 3.08. The molecule has 0 radical (unpaired) electrons. The van der Waals surface area contributed by atoms with Crippen molar-refractivity contribution >= 4 is 17.1 Å². The number of aromatic carboxylic acids is 1. The van der Waals surface area contributed by atoms with Crippen LogP contribution in [-0.2, 0) is 0 Å². The van der Waals surface area contributed by atoms with Gasteiger partial charge >= 0.3 is 5.97 Å². The predicted molar refractivity (Wildman–Crippen MR) is 71.3 cm³/mol. The summed E-state index contributed by atoms with van der Waals surface area (Å²) in [7, 11) is 0. The number of carboxylic acids is 1. The summed E-state index contributed by atoms with van der Waals surface area (Å²) < 4.78 is 5.78. The van der Waals surface area contributed by atoms with E-state index < -0.39 is 5.97 Å². The number of carbonyl (C=O) groups is 1. The minimum atomic E-state index is -0.972. The number of rotatable bonds is 2.